The van der Waals surface area contributed by atoms with Gasteiger partial charge < -0.3 is 5.32 Å². The molecule has 8 heteroatoms. The fourth-order valence-corrected chi connectivity index (χ4v) is 3.96. The maximum absolute atomic E-state index is 12.0. The van der Waals surface area contributed by atoms with E-state index in [1.165, 1.54) is 23.7 Å². The van der Waals surface area contributed by atoms with Crippen LogP contribution in [0.1, 0.15) is 45.1 Å². The van der Waals surface area contributed by atoms with E-state index in [1.807, 2.05) is 12.1 Å². The average molecular weight is 402 g/mol. The van der Waals surface area contributed by atoms with E-state index >= 15 is 0 Å². The smallest absolute Gasteiger partial charge is 0.321 e. The molecule has 2 atom stereocenters. The number of amides is 3. The molecule has 1 saturated carbocycles. The van der Waals surface area contributed by atoms with Gasteiger partial charge in [-0.25, -0.2) is 9.78 Å². The summed E-state index contributed by atoms with van der Waals surface area (Å²) in [5.74, 6) is 0.834. The zero-order valence-corrected chi connectivity index (χ0v) is 17.1. The zero-order valence-electron chi connectivity index (χ0n) is 16.3. The quantitative estimate of drug-likeness (QED) is 0.643. The van der Waals surface area contributed by atoms with Crippen molar-refractivity contribution in [3.05, 3.63) is 29.8 Å². The van der Waals surface area contributed by atoms with Gasteiger partial charge >= 0.3 is 6.03 Å². The second-order valence-corrected chi connectivity index (χ2v) is 8.14. The number of aromatic amines is 1. The lowest BCUT2D eigenvalue weighted by atomic mass is 9.86. The van der Waals surface area contributed by atoms with Crippen LogP contribution in [0.2, 0.25) is 0 Å². The maximum atomic E-state index is 12.0. The molecule has 1 aromatic heterocycles. The Hall–Kier alpha value is -2.35. The number of rotatable bonds is 6. The molecule has 3 N–H and O–H groups in total. The largest absolute Gasteiger partial charge is 0.335 e. The van der Waals surface area contributed by atoms with Crippen molar-refractivity contribution in [3.63, 3.8) is 0 Å². The monoisotopic (exact) mass is 401 g/mol. The highest BCUT2D eigenvalue weighted by Crippen LogP contribution is 2.23. The number of H-pyrrole nitrogens is 1. The summed E-state index contributed by atoms with van der Waals surface area (Å²) >= 11 is 1.19. The van der Waals surface area contributed by atoms with Gasteiger partial charge in [-0.15, -0.1) is 5.10 Å². The summed E-state index contributed by atoms with van der Waals surface area (Å²) in [7, 11) is 0. The number of hydrogen-bond acceptors (Lipinski definition) is 5. The van der Waals surface area contributed by atoms with Crippen LogP contribution in [0.3, 0.4) is 0 Å². The highest BCUT2D eigenvalue weighted by atomic mass is 32.2. The third-order valence-electron chi connectivity index (χ3n) is 5.11. The van der Waals surface area contributed by atoms with Gasteiger partial charge in [0, 0.05) is 11.6 Å². The predicted molar refractivity (Wildman–Crippen MR) is 110 cm³/mol. The van der Waals surface area contributed by atoms with Crippen LogP contribution in [-0.2, 0) is 11.2 Å². The van der Waals surface area contributed by atoms with E-state index in [4.69, 9.17) is 0 Å². The minimum absolute atomic E-state index is 0.0830. The van der Waals surface area contributed by atoms with Gasteiger partial charge in [0.25, 0.3) is 0 Å². The number of carbonyl (C=O) groups is 2. The lowest BCUT2D eigenvalue weighted by Crippen LogP contribution is -2.48. The van der Waals surface area contributed by atoms with E-state index in [2.05, 4.69) is 51.8 Å². The highest BCUT2D eigenvalue weighted by molar-refractivity contribution is 7.99. The SMILES string of the molecule is CCc1ccc(-c2nc(SCC(=O)NC(=O)N[C@H]3CCCC[C@H]3C)n[nH]2)cc1. The molecule has 3 rings (SSSR count). The number of aromatic nitrogens is 3. The van der Waals surface area contributed by atoms with Crippen LogP contribution in [0.15, 0.2) is 29.4 Å². The lowest BCUT2D eigenvalue weighted by Gasteiger charge is -2.29. The molecule has 1 aliphatic carbocycles. The Bertz CT molecular complexity index is 805. The first kappa shape index (κ1) is 20.4. The van der Waals surface area contributed by atoms with Crippen LogP contribution >= 0.6 is 11.8 Å². The Kier molecular flexibility index (Phi) is 7.08. The third-order valence-corrected chi connectivity index (χ3v) is 5.96. The number of carbonyl (C=O) groups excluding carboxylic acids is 2. The molecule has 150 valence electrons. The van der Waals surface area contributed by atoms with Crippen molar-refractivity contribution < 1.29 is 9.59 Å². The van der Waals surface area contributed by atoms with Crippen molar-refractivity contribution in [2.24, 2.45) is 5.92 Å². The van der Waals surface area contributed by atoms with E-state index in [0.717, 1.165) is 31.2 Å². The van der Waals surface area contributed by atoms with Gasteiger partial charge in [-0.05, 0) is 30.7 Å². The molecule has 7 nitrogen and oxygen atoms in total. The Morgan fingerprint density at radius 1 is 1.21 bits per heavy atom. The number of urea groups is 1. The van der Waals surface area contributed by atoms with E-state index < -0.39 is 6.03 Å². The Balaban J connectivity index is 1.45. The number of nitrogens with zero attached hydrogens (tertiary/aromatic N) is 2. The molecule has 0 bridgehead atoms. The third kappa shape index (κ3) is 5.58. The first-order valence-corrected chi connectivity index (χ1v) is 10.8. The summed E-state index contributed by atoms with van der Waals surface area (Å²) < 4.78 is 0. The second-order valence-electron chi connectivity index (χ2n) is 7.20. The number of imide groups is 1. The molecule has 0 saturated heterocycles. The van der Waals surface area contributed by atoms with Crippen molar-refractivity contribution in [2.45, 2.75) is 57.1 Å². The van der Waals surface area contributed by atoms with Crippen LogP contribution in [-0.4, -0.2) is 38.9 Å². The summed E-state index contributed by atoms with van der Waals surface area (Å²) in [6, 6.07) is 7.84. The molecular formula is C20H27N5O2S. The summed E-state index contributed by atoms with van der Waals surface area (Å²) in [6.45, 7) is 4.25. The van der Waals surface area contributed by atoms with Gasteiger partial charge in [-0.2, -0.15) is 0 Å². The molecular weight excluding hydrogens is 374 g/mol. The molecule has 0 radical (unpaired) electrons. The number of thioether (sulfide) groups is 1. The van der Waals surface area contributed by atoms with Crippen LogP contribution in [0.5, 0.6) is 0 Å². The average Bonchev–Trinajstić information content (AvgIpc) is 3.17. The van der Waals surface area contributed by atoms with Gasteiger partial charge in [-0.1, -0.05) is 62.7 Å². The minimum atomic E-state index is -0.420. The van der Waals surface area contributed by atoms with Gasteiger partial charge in [0.15, 0.2) is 5.82 Å². The topological polar surface area (TPSA) is 99.8 Å². The first-order valence-electron chi connectivity index (χ1n) is 9.80. The molecule has 3 amide bonds. The van der Waals surface area contributed by atoms with Gasteiger partial charge in [-0.3, -0.25) is 15.2 Å². The Morgan fingerprint density at radius 3 is 2.68 bits per heavy atom. The molecule has 1 aromatic carbocycles. The number of nitrogens with one attached hydrogen (secondary N) is 3. The van der Waals surface area contributed by atoms with Crippen LogP contribution < -0.4 is 10.6 Å². The van der Waals surface area contributed by atoms with Crippen molar-refractivity contribution in [1.29, 1.82) is 0 Å². The fourth-order valence-electron chi connectivity index (χ4n) is 3.37. The molecule has 28 heavy (non-hydrogen) atoms. The van der Waals surface area contributed by atoms with Gasteiger partial charge in [0.1, 0.15) is 0 Å². The normalized spacial score (nSPS) is 19.2. The molecule has 0 unspecified atom stereocenters. The van der Waals surface area contributed by atoms with E-state index in [1.54, 1.807) is 0 Å². The van der Waals surface area contributed by atoms with Crippen molar-refractivity contribution in [2.75, 3.05) is 5.75 Å². The number of benzene rings is 1. The van der Waals surface area contributed by atoms with E-state index in [9.17, 15) is 9.59 Å². The molecule has 0 spiro atoms. The Labute approximate surface area is 169 Å². The zero-order chi connectivity index (χ0) is 19.9. The van der Waals surface area contributed by atoms with E-state index in [-0.39, 0.29) is 17.7 Å². The maximum Gasteiger partial charge on any atom is 0.321 e. The summed E-state index contributed by atoms with van der Waals surface area (Å²) in [6.07, 6.45) is 5.39. The Morgan fingerprint density at radius 2 is 1.96 bits per heavy atom. The predicted octanol–water partition coefficient (Wildman–Crippen LogP) is 3.53. The first-order chi connectivity index (χ1) is 13.5. The van der Waals surface area contributed by atoms with E-state index in [0.29, 0.717) is 16.9 Å². The molecule has 2 aromatic rings. The van der Waals surface area contributed by atoms with Gasteiger partial charge in [0.2, 0.25) is 11.1 Å². The summed E-state index contributed by atoms with van der Waals surface area (Å²) in [5.41, 5.74) is 2.21. The number of hydrogen-bond donors (Lipinski definition) is 3. The number of aryl methyl sites for hydroxylation is 1. The standard InChI is InChI=1S/C20H27N5O2S/c1-3-14-8-10-15(11-9-14)18-23-20(25-24-18)28-12-17(26)22-19(27)21-16-7-5-4-6-13(16)2/h8-11,13,16H,3-7,12H2,1-2H3,(H,23,24,25)(H2,21,22,26,27)/t13-,16+/m1/s1. The van der Waals surface area contributed by atoms with Crippen molar-refractivity contribution in [1.82, 2.24) is 25.8 Å². The highest BCUT2D eigenvalue weighted by Gasteiger charge is 2.23. The summed E-state index contributed by atoms with van der Waals surface area (Å²) in [4.78, 5) is 28.5. The summed E-state index contributed by atoms with van der Waals surface area (Å²) in [5, 5.41) is 12.8. The van der Waals surface area contributed by atoms with Crippen LogP contribution in [0, 0.1) is 5.92 Å². The van der Waals surface area contributed by atoms with Gasteiger partial charge in [0.05, 0.1) is 5.75 Å². The minimum Gasteiger partial charge on any atom is -0.335 e. The van der Waals surface area contributed by atoms with Crippen molar-refractivity contribution >= 4 is 23.7 Å². The van der Waals surface area contributed by atoms with Crippen LogP contribution in [0.4, 0.5) is 4.79 Å². The molecule has 1 fully saturated rings. The molecule has 0 aliphatic heterocycles. The molecule has 1 aliphatic rings. The molecule has 1 heterocycles. The van der Waals surface area contributed by atoms with Crippen LogP contribution in [0.25, 0.3) is 11.4 Å². The fraction of sp³-hybridized carbons (Fsp3) is 0.500. The second kappa shape index (κ2) is 9.73. The lowest BCUT2D eigenvalue weighted by molar-refractivity contribution is -0.117. The van der Waals surface area contributed by atoms with Crippen molar-refractivity contribution in [3.8, 4) is 11.4 Å².